The topological polar surface area (TPSA) is 166 Å². The highest BCUT2D eigenvalue weighted by Crippen LogP contribution is 2.31. The molecule has 4 N–H and O–H groups in total. The summed E-state index contributed by atoms with van der Waals surface area (Å²) in [5.74, 6) is -3.29. The lowest BCUT2D eigenvalue weighted by atomic mass is 10.0. The number of nitriles is 1. The zero-order valence-corrected chi connectivity index (χ0v) is 16.6. The Morgan fingerprint density at radius 1 is 1.07 bits per heavy atom. The summed E-state index contributed by atoms with van der Waals surface area (Å²) < 4.78 is 10.5. The summed E-state index contributed by atoms with van der Waals surface area (Å²) in [4.78, 5) is 29.3. The predicted octanol–water partition coefficient (Wildman–Crippen LogP) is 1.31. The average Bonchev–Trinajstić information content (AvgIpc) is 2.68. The first-order valence-electron chi connectivity index (χ1n) is 8.74. The zero-order valence-electron chi connectivity index (χ0n) is 16.6. The summed E-state index contributed by atoms with van der Waals surface area (Å²) in [6.45, 7) is 2.47. The maximum absolute atomic E-state index is 11.1. The Kier molecular flexibility index (Phi) is 12.2. The van der Waals surface area contributed by atoms with E-state index in [2.05, 4.69) is 11.4 Å². The number of carbonyl (C=O) groups is 3. The monoisotopic (exact) mass is 410 g/mol. The van der Waals surface area contributed by atoms with E-state index in [4.69, 9.17) is 39.6 Å². The lowest BCUT2D eigenvalue weighted by Gasteiger charge is -2.16. The second-order valence-corrected chi connectivity index (χ2v) is 5.80. The van der Waals surface area contributed by atoms with Crippen molar-refractivity contribution in [1.82, 2.24) is 5.32 Å². The Labute approximate surface area is 168 Å². The highest BCUT2D eigenvalue weighted by molar-refractivity contribution is 6.27. The average molecular weight is 410 g/mol. The third kappa shape index (κ3) is 9.44. The first-order valence-corrected chi connectivity index (χ1v) is 8.74. The fraction of sp³-hybridized carbons (Fsp3) is 0.474. The molecule has 0 saturated heterocycles. The van der Waals surface area contributed by atoms with Gasteiger partial charge >= 0.3 is 17.9 Å². The third-order valence-corrected chi connectivity index (χ3v) is 3.82. The van der Waals surface area contributed by atoms with Crippen molar-refractivity contribution >= 4 is 17.9 Å². The molecule has 160 valence electrons. The molecule has 0 amide bonds. The summed E-state index contributed by atoms with van der Waals surface area (Å²) in [6.07, 6.45) is 2.28. The number of hydrogen-bond acceptors (Lipinski definition) is 7. The van der Waals surface area contributed by atoms with Crippen molar-refractivity contribution in [3.05, 3.63) is 23.3 Å². The predicted molar refractivity (Wildman–Crippen MR) is 102 cm³/mol. The Hall–Kier alpha value is -3.32. The Morgan fingerprint density at radius 3 is 1.97 bits per heavy atom. The van der Waals surface area contributed by atoms with Gasteiger partial charge in [-0.05, 0) is 42.6 Å². The molecule has 0 radical (unpaired) electrons. The highest BCUT2D eigenvalue weighted by atomic mass is 16.5. The molecular formula is C19H26N2O8. The summed E-state index contributed by atoms with van der Waals surface area (Å²) in [6, 6.07) is 5.25. The van der Waals surface area contributed by atoms with Crippen molar-refractivity contribution in [2.24, 2.45) is 0 Å². The van der Waals surface area contributed by atoms with Gasteiger partial charge in [0, 0.05) is 0 Å². The van der Waals surface area contributed by atoms with Crippen LogP contribution in [0.15, 0.2) is 12.1 Å². The van der Waals surface area contributed by atoms with Gasteiger partial charge in [-0.1, -0.05) is 13.3 Å². The Balaban J connectivity index is 0.00000113. The van der Waals surface area contributed by atoms with E-state index in [1.807, 2.05) is 13.0 Å². The maximum atomic E-state index is 11.1. The molecule has 1 rings (SSSR count). The third-order valence-electron chi connectivity index (χ3n) is 3.82. The van der Waals surface area contributed by atoms with Gasteiger partial charge in [0.2, 0.25) is 0 Å². The van der Waals surface area contributed by atoms with E-state index < -0.39 is 23.9 Å². The van der Waals surface area contributed by atoms with Crippen molar-refractivity contribution in [3.8, 4) is 17.6 Å². The van der Waals surface area contributed by atoms with E-state index in [1.165, 1.54) is 0 Å². The van der Waals surface area contributed by atoms with Gasteiger partial charge in [0.15, 0.2) is 11.5 Å². The van der Waals surface area contributed by atoms with Gasteiger partial charge in [0.25, 0.3) is 0 Å². The van der Waals surface area contributed by atoms with Crippen LogP contribution in [0.3, 0.4) is 0 Å². The molecule has 29 heavy (non-hydrogen) atoms. The number of aliphatic carboxylic acids is 3. The molecule has 0 aliphatic rings. The number of hydrogen-bond donors (Lipinski definition) is 4. The lowest BCUT2D eigenvalue weighted by molar-refractivity contribution is -0.159. The molecule has 0 bridgehead atoms. The number of rotatable bonds is 10. The van der Waals surface area contributed by atoms with Crippen LogP contribution in [0.2, 0.25) is 0 Å². The molecule has 1 atom stereocenters. The van der Waals surface area contributed by atoms with Crippen LogP contribution >= 0.6 is 0 Å². The molecule has 1 aromatic carbocycles. The van der Waals surface area contributed by atoms with Gasteiger partial charge in [0.05, 0.1) is 26.7 Å². The van der Waals surface area contributed by atoms with E-state index in [1.54, 1.807) is 20.3 Å². The molecule has 0 heterocycles. The van der Waals surface area contributed by atoms with Crippen LogP contribution in [-0.4, -0.2) is 60.0 Å². The molecule has 10 heteroatoms. The van der Waals surface area contributed by atoms with Crippen LogP contribution < -0.4 is 14.8 Å². The number of ether oxygens (including phenoxy) is 2. The molecule has 0 aromatic heterocycles. The SMILES string of the molecule is CCC[C@H](NCCc1cc(OC)c(OC)cc1CC#N)C(=O)O.O=C(O)C(=O)O. The number of methoxy groups -OCH3 is 2. The van der Waals surface area contributed by atoms with Crippen LogP contribution in [0.5, 0.6) is 11.5 Å². The molecule has 0 aliphatic carbocycles. The summed E-state index contributed by atoms with van der Waals surface area (Å²) in [7, 11) is 3.11. The molecule has 0 aliphatic heterocycles. The minimum Gasteiger partial charge on any atom is -0.493 e. The zero-order chi connectivity index (χ0) is 22.4. The number of nitrogens with zero attached hydrogens (tertiary/aromatic N) is 1. The summed E-state index contributed by atoms with van der Waals surface area (Å²) in [5.41, 5.74) is 1.83. The second-order valence-electron chi connectivity index (χ2n) is 5.80. The maximum Gasteiger partial charge on any atom is 0.414 e. The molecular weight excluding hydrogens is 384 g/mol. The van der Waals surface area contributed by atoms with Crippen LogP contribution in [-0.2, 0) is 27.2 Å². The van der Waals surface area contributed by atoms with Crippen molar-refractivity contribution in [2.75, 3.05) is 20.8 Å². The minimum absolute atomic E-state index is 0.271. The number of benzene rings is 1. The van der Waals surface area contributed by atoms with Gasteiger partial charge < -0.3 is 30.1 Å². The first kappa shape index (κ1) is 25.7. The molecule has 0 fully saturated rings. The van der Waals surface area contributed by atoms with Crippen LogP contribution in [0.1, 0.15) is 30.9 Å². The summed E-state index contributed by atoms with van der Waals surface area (Å²) >= 11 is 0. The van der Waals surface area contributed by atoms with Crippen molar-refractivity contribution in [1.29, 1.82) is 5.26 Å². The van der Waals surface area contributed by atoms with Gasteiger partial charge in [-0.3, -0.25) is 4.79 Å². The summed E-state index contributed by atoms with van der Waals surface area (Å²) in [5, 5.41) is 36.0. The number of nitrogens with one attached hydrogen (secondary N) is 1. The van der Waals surface area contributed by atoms with Gasteiger partial charge in [-0.15, -0.1) is 0 Å². The van der Waals surface area contributed by atoms with E-state index >= 15 is 0 Å². The van der Waals surface area contributed by atoms with E-state index in [0.717, 1.165) is 17.5 Å². The second kappa shape index (κ2) is 13.8. The van der Waals surface area contributed by atoms with Crippen LogP contribution in [0.4, 0.5) is 0 Å². The quantitative estimate of drug-likeness (QED) is 0.413. The van der Waals surface area contributed by atoms with Gasteiger partial charge in [0.1, 0.15) is 6.04 Å². The number of carboxylic acids is 3. The largest absolute Gasteiger partial charge is 0.493 e. The Bertz CT molecular complexity index is 730. The number of carboxylic acid groups (broad SMARTS) is 3. The molecule has 0 saturated carbocycles. The smallest absolute Gasteiger partial charge is 0.414 e. The fourth-order valence-corrected chi connectivity index (χ4v) is 2.43. The molecule has 0 spiro atoms. The molecule has 0 unspecified atom stereocenters. The van der Waals surface area contributed by atoms with Crippen LogP contribution in [0, 0.1) is 11.3 Å². The first-order chi connectivity index (χ1) is 13.7. The molecule has 10 nitrogen and oxygen atoms in total. The highest BCUT2D eigenvalue weighted by Gasteiger charge is 2.16. The molecule has 1 aromatic rings. The van der Waals surface area contributed by atoms with Crippen molar-refractivity contribution < 1.29 is 39.2 Å². The van der Waals surface area contributed by atoms with E-state index in [9.17, 15) is 4.79 Å². The van der Waals surface area contributed by atoms with Crippen molar-refractivity contribution in [2.45, 2.75) is 38.6 Å². The normalized spacial score (nSPS) is 10.7. The van der Waals surface area contributed by atoms with E-state index in [-0.39, 0.29) is 6.42 Å². The van der Waals surface area contributed by atoms with Gasteiger partial charge in [-0.2, -0.15) is 5.26 Å². The van der Waals surface area contributed by atoms with E-state index in [0.29, 0.717) is 30.9 Å². The lowest BCUT2D eigenvalue weighted by Crippen LogP contribution is -2.37. The fourth-order valence-electron chi connectivity index (χ4n) is 2.43. The minimum atomic E-state index is -1.82. The van der Waals surface area contributed by atoms with Crippen molar-refractivity contribution in [3.63, 3.8) is 0 Å². The standard InChI is InChI=1S/C17H24N2O4.C2H2O4/c1-4-5-14(17(20)21)19-9-7-13-11-16(23-3)15(22-2)10-12(13)6-8-18;3-1(4)2(5)6/h10-11,14,19H,4-7,9H2,1-3H3,(H,20,21);(H,3,4)(H,5,6)/t14-;/m0./s1. The Morgan fingerprint density at radius 2 is 1.59 bits per heavy atom. The van der Waals surface area contributed by atoms with Crippen LogP contribution in [0.25, 0.3) is 0 Å². The van der Waals surface area contributed by atoms with Gasteiger partial charge in [-0.25, -0.2) is 9.59 Å².